The van der Waals surface area contributed by atoms with Gasteiger partial charge >= 0.3 is 0 Å². The van der Waals surface area contributed by atoms with Crippen LogP contribution in [0, 0.1) is 13.8 Å². The predicted molar refractivity (Wildman–Crippen MR) is 78.9 cm³/mol. The maximum Gasteiger partial charge on any atom is 0.260 e. The molecule has 2 atom stereocenters. The molecule has 2 aliphatic rings. The van der Waals surface area contributed by atoms with Gasteiger partial charge in [-0.3, -0.25) is 9.69 Å². The molecule has 0 saturated heterocycles. The monoisotopic (exact) mass is 339 g/mol. The SMILES string of the molecule is Cc1c(Br)cc2c(c1C)OCN([C@H]1CCC[C@@H]1O)C2=O. The molecule has 0 unspecified atom stereocenters. The molecule has 1 saturated carbocycles. The lowest BCUT2D eigenvalue weighted by Crippen LogP contribution is -2.48. The van der Waals surface area contributed by atoms with Gasteiger partial charge in [0.2, 0.25) is 0 Å². The fourth-order valence-electron chi connectivity index (χ4n) is 3.08. The van der Waals surface area contributed by atoms with Crippen LogP contribution in [-0.2, 0) is 0 Å². The third-order valence-corrected chi connectivity index (χ3v) is 5.28. The molecule has 1 aliphatic heterocycles. The second-order valence-electron chi connectivity index (χ2n) is 5.60. The van der Waals surface area contributed by atoms with Crippen LogP contribution >= 0.6 is 15.9 Å². The van der Waals surface area contributed by atoms with E-state index in [-0.39, 0.29) is 18.7 Å². The smallest absolute Gasteiger partial charge is 0.260 e. The molecule has 0 spiro atoms. The second kappa shape index (κ2) is 5.04. The van der Waals surface area contributed by atoms with Crippen molar-refractivity contribution in [1.82, 2.24) is 4.90 Å². The van der Waals surface area contributed by atoms with Crippen LogP contribution < -0.4 is 4.74 Å². The van der Waals surface area contributed by atoms with Crippen LogP contribution in [0.5, 0.6) is 5.75 Å². The molecular formula is C15H18BrNO3. The Kier molecular flexibility index (Phi) is 3.50. The molecule has 1 amide bonds. The Balaban J connectivity index is 1.99. The Bertz CT molecular complexity index is 573. The largest absolute Gasteiger partial charge is 0.472 e. The third-order valence-electron chi connectivity index (χ3n) is 4.46. The summed E-state index contributed by atoms with van der Waals surface area (Å²) >= 11 is 3.49. The van der Waals surface area contributed by atoms with Crippen molar-refractivity contribution in [2.24, 2.45) is 0 Å². The Morgan fingerprint density at radius 1 is 1.35 bits per heavy atom. The fraction of sp³-hybridized carbons (Fsp3) is 0.533. The highest BCUT2D eigenvalue weighted by molar-refractivity contribution is 9.10. The zero-order chi connectivity index (χ0) is 14.4. The van der Waals surface area contributed by atoms with Crippen molar-refractivity contribution >= 4 is 21.8 Å². The molecule has 20 heavy (non-hydrogen) atoms. The number of rotatable bonds is 1. The van der Waals surface area contributed by atoms with Crippen LogP contribution in [0.2, 0.25) is 0 Å². The first kappa shape index (κ1) is 13.9. The molecule has 108 valence electrons. The van der Waals surface area contributed by atoms with Gasteiger partial charge in [-0.2, -0.15) is 0 Å². The molecule has 0 radical (unpaired) electrons. The summed E-state index contributed by atoms with van der Waals surface area (Å²) in [6, 6.07) is 1.71. The number of carbonyl (C=O) groups is 1. The highest BCUT2D eigenvalue weighted by atomic mass is 79.9. The molecule has 1 fully saturated rings. The van der Waals surface area contributed by atoms with Crippen LogP contribution in [0.3, 0.4) is 0 Å². The molecule has 5 heteroatoms. The summed E-state index contributed by atoms with van der Waals surface area (Å²) in [6.07, 6.45) is 2.13. The lowest BCUT2D eigenvalue weighted by atomic mass is 10.0. The average molecular weight is 340 g/mol. The molecule has 1 aromatic carbocycles. The van der Waals surface area contributed by atoms with Crippen LogP contribution in [-0.4, -0.2) is 34.8 Å². The number of amides is 1. The van der Waals surface area contributed by atoms with Gasteiger partial charge in [-0.15, -0.1) is 0 Å². The summed E-state index contributed by atoms with van der Waals surface area (Å²) in [4.78, 5) is 14.3. The van der Waals surface area contributed by atoms with Gasteiger partial charge in [-0.05, 0) is 50.3 Å². The molecule has 0 bridgehead atoms. The van der Waals surface area contributed by atoms with E-state index in [4.69, 9.17) is 4.74 Å². The number of ether oxygens (including phenoxy) is 1. The lowest BCUT2D eigenvalue weighted by molar-refractivity contribution is 0.0125. The molecule has 4 nitrogen and oxygen atoms in total. The van der Waals surface area contributed by atoms with E-state index in [2.05, 4.69) is 15.9 Å². The number of hydrogen-bond acceptors (Lipinski definition) is 3. The topological polar surface area (TPSA) is 49.8 Å². The zero-order valence-corrected chi connectivity index (χ0v) is 13.2. The number of aliphatic hydroxyl groups excluding tert-OH is 1. The first-order chi connectivity index (χ1) is 9.50. The highest BCUT2D eigenvalue weighted by Gasteiger charge is 2.38. The summed E-state index contributed by atoms with van der Waals surface area (Å²) in [5.74, 6) is 0.639. The van der Waals surface area contributed by atoms with Crippen molar-refractivity contribution in [1.29, 1.82) is 0 Å². The summed E-state index contributed by atoms with van der Waals surface area (Å²) in [5, 5.41) is 10.0. The van der Waals surface area contributed by atoms with Crippen molar-refractivity contribution in [3.63, 3.8) is 0 Å². The number of benzene rings is 1. The van der Waals surface area contributed by atoms with Gasteiger partial charge in [0, 0.05) is 4.47 Å². The van der Waals surface area contributed by atoms with E-state index in [0.717, 1.165) is 34.9 Å². The van der Waals surface area contributed by atoms with Crippen molar-refractivity contribution in [2.75, 3.05) is 6.73 Å². The van der Waals surface area contributed by atoms with Gasteiger partial charge < -0.3 is 9.84 Å². The molecular weight excluding hydrogens is 322 g/mol. The van der Waals surface area contributed by atoms with E-state index >= 15 is 0 Å². The van der Waals surface area contributed by atoms with Gasteiger partial charge in [-0.25, -0.2) is 0 Å². The number of halogens is 1. The standard InChI is InChI=1S/C15H18BrNO3/c1-8-9(2)14-10(6-11(8)16)15(19)17(7-20-14)12-4-3-5-13(12)18/h6,12-13,18H,3-5,7H2,1-2H3/t12-,13-/m0/s1. The average Bonchev–Trinajstić information content (AvgIpc) is 2.84. The van der Waals surface area contributed by atoms with Crippen molar-refractivity contribution in [3.8, 4) is 5.75 Å². The van der Waals surface area contributed by atoms with E-state index in [0.29, 0.717) is 11.3 Å². The number of hydrogen-bond donors (Lipinski definition) is 1. The van der Waals surface area contributed by atoms with Crippen molar-refractivity contribution < 1.29 is 14.6 Å². The van der Waals surface area contributed by atoms with Gasteiger partial charge in [0.15, 0.2) is 6.73 Å². The first-order valence-electron chi connectivity index (χ1n) is 6.92. The highest BCUT2D eigenvalue weighted by Crippen LogP contribution is 2.37. The van der Waals surface area contributed by atoms with E-state index in [1.54, 1.807) is 4.90 Å². The Morgan fingerprint density at radius 2 is 2.10 bits per heavy atom. The van der Waals surface area contributed by atoms with Crippen molar-refractivity contribution in [2.45, 2.75) is 45.3 Å². The van der Waals surface area contributed by atoms with Gasteiger partial charge in [-0.1, -0.05) is 15.9 Å². The van der Waals surface area contributed by atoms with E-state index in [1.165, 1.54) is 0 Å². The molecule has 1 heterocycles. The Labute approximate surface area is 126 Å². The molecule has 0 aromatic heterocycles. The number of carbonyl (C=O) groups excluding carboxylic acids is 1. The van der Waals surface area contributed by atoms with Gasteiger partial charge in [0.25, 0.3) is 5.91 Å². The maximum absolute atomic E-state index is 12.7. The van der Waals surface area contributed by atoms with Gasteiger partial charge in [0.1, 0.15) is 5.75 Å². The quantitative estimate of drug-likeness (QED) is 0.855. The maximum atomic E-state index is 12.7. The fourth-order valence-corrected chi connectivity index (χ4v) is 3.60. The lowest BCUT2D eigenvalue weighted by Gasteiger charge is -2.35. The van der Waals surface area contributed by atoms with Crippen LogP contribution in [0.4, 0.5) is 0 Å². The van der Waals surface area contributed by atoms with Gasteiger partial charge in [0.05, 0.1) is 17.7 Å². The van der Waals surface area contributed by atoms with Crippen LogP contribution in [0.1, 0.15) is 40.7 Å². The third kappa shape index (κ3) is 2.04. The number of aliphatic hydroxyl groups is 1. The minimum Gasteiger partial charge on any atom is -0.472 e. The summed E-state index contributed by atoms with van der Waals surface area (Å²) in [5.41, 5.74) is 2.67. The normalized spacial score (nSPS) is 25.6. The second-order valence-corrected chi connectivity index (χ2v) is 6.45. The molecule has 1 aromatic rings. The molecule has 3 rings (SSSR count). The van der Waals surface area contributed by atoms with Crippen LogP contribution in [0.25, 0.3) is 0 Å². The zero-order valence-electron chi connectivity index (χ0n) is 11.6. The van der Waals surface area contributed by atoms with E-state index in [1.807, 2.05) is 19.9 Å². The minimum atomic E-state index is -0.431. The number of fused-ring (bicyclic) bond motifs is 1. The molecule has 1 aliphatic carbocycles. The van der Waals surface area contributed by atoms with E-state index in [9.17, 15) is 9.90 Å². The Hall–Kier alpha value is -1.07. The molecule has 1 N–H and O–H groups in total. The van der Waals surface area contributed by atoms with Crippen LogP contribution in [0.15, 0.2) is 10.5 Å². The summed E-state index contributed by atoms with van der Waals surface area (Å²) in [7, 11) is 0. The van der Waals surface area contributed by atoms with Crippen molar-refractivity contribution in [3.05, 3.63) is 27.2 Å². The Morgan fingerprint density at radius 3 is 2.75 bits per heavy atom. The summed E-state index contributed by atoms with van der Waals surface area (Å²) < 4.78 is 6.72. The minimum absolute atomic E-state index is 0.0407. The van der Waals surface area contributed by atoms with E-state index < -0.39 is 6.10 Å². The first-order valence-corrected chi connectivity index (χ1v) is 7.71. The predicted octanol–water partition coefficient (Wildman–Crippen LogP) is 2.77. The summed E-state index contributed by atoms with van der Waals surface area (Å²) in [6.45, 7) is 4.20. The number of nitrogens with zero attached hydrogens (tertiary/aromatic N) is 1.